The highest BCUT2D eigenvalue weighted by atomic mass is 35.5. The van der Waals surface area contributed by atoms with Crippen molar-refractivity contribution < 1.29 is 9.18 Å². The topological polar surface area (TPSA) is 61.0 Å². The summed E-state index contributed by atoms with van der Waals surface area (Å²) < 4.78 is 13.9. The number of benzene rings is 1. The summed E-state index contributed by atoms with van der Waals surface area (Å²) in [6.07, 6.45) is 5.72. The van der Waals surface area contributed by atoms with Crippen LogP contribution in [0.1, 0.15) is 47.8 Å². The van der Waals surface area contributed by atoms with Gasteiger partial charge in [-0.25, -0.2) is 4.39 Å². The van der Waals surface area contributed by atoms with Crippen molar-refractivity contribution in [3.05, 3.63) is 52.6 Å². The molecule has 5 rings (SSSR count). The van der Waals surface area contributed by atoms with E-state index in [1.807, 2.05) is 11.0 Å². The SMILES string of the molecule is Cl.Cl.O=C(CCc1n[nH]c2c1CCCC2)N1C[C@@H]2CNC[C@@H]2[C@H]1c1cccc(F)c1. The molecule has 3 aliphatic rings. The van der Waals surface area contributed by atoms with Crippen molar-refractivity contribution in [3.8, 4) is 0 Å². The number of carbonyl (C=O) groups is 1. The minimum Gasteiger partial charge on any atom is -0.335 e. The van der Waals surface area contributed by atoms with Crippen LogP contribution in [0.5, 0.6) is 0 Å². The number of aromatic nitrogens is 2. The van der Waals surface area contributed by atoms with Crippen molar-refractivity contribution >= 4 is 30.7 Å². The van der Waals surface area contributed by atoms with Gasteiger partial charge in [-0.15, -0.1) is 24.8 Å². The molecule has 3 atom stereocenters. The number of nitrogens with one attached hydrogen (secondary N) is 2. The largest absolute Gasteiger partial charge is 0.335 e. The third-order valence-electron chi connectivity index (χ3n) is 6.79. The van der Waals surface area contributed by atoms with E-state index in [4.69, 9.17) is 0 Å². The molecule has 8 heteroatoms. The lowest BCUT2D eigenvalue weighted by atomic mass is 9.89. The maximum absolute atomic E-state index is 13.9. The highest BCUT2D eigenvalue weighted by Crippen LogP contribution is 2.43. The molecule has 30 heavy (non-hydrogen) atoms. The Morgan fingerprint density at radius 3 is 2.87 bits per heavy atom. The molecule has 0 bridgehead atoms. The van der Waals surface area contributed by atoms with E-state index in [1.54, 1.807) is 12.1 Å². The molecule has 2 fully saturated rings. The van der Waals surface area contributed by atoms with E-state index in [2.05, 4.69) is 15.5 Å². The van der Waals surface area contributed by atoms with Gasteiger partial charge in [0.25, 0.3) is 0 Å². The highest BCUT2D eigenvalue weighted by molar-refractivity contribution is 5.85. The quantitative estimate of drug-likeness (QED) is 0.741. The molecule has 1 amide bonds. The van der Waals surface area contributed by atoms with Crippen LogP contribution in [0.25, 0.3) is 0 Å². The van der Waals surface area contributed by atoms with Gasteiger partial charge in [0.2, 0.25) is 5.91 Å². The first-order valence-corrected chi connectivity index (χ1v) is 10.5. The van der Waals surface area contributed by atoms with Gasteiger partial charge in [0.1, 0.15) is 5.82 Å². The van der Waals surface area contributed by atoms with Crippen LogP contribution >= 0.6 is 24.8 Å². The lowest BCUT2D eigenvalue weighted by Crippen LogP contribution is -2.35. The third-order valence-corrected chi connectivity index (χ3v) is 6.79. The molecule has 0 unspecified atom stereocenters. The van der Waals surface area contributed by atoms with Crippen molar-refractivity contribution in [1.29, 1.82) is 0 Å². The molecule has 5 nitrogen and oxygen atoms in total. The van der Waals surface area contributed by atoms with E-state index >= 15 is 0 Å². The maximum atomic E-state index is 13.9. The molecule has 1 aromatic heterocycles. The fourth-order valence-electron chi connectivity index (χ4n) is 5.42. The average molecular weight is 455 g/mol. The summed E-state index contributed by atoms with van der Waals surface area (Å²) in [7, 11) is 0. The standard InChI is InChI=1S/C22H27FN4O.2ClH/c23-16-5-3-4-14(10-16)22-18-12-24-11-15(18)13-27(22)21(28)9-8-20-17-6-1-2-7-19(17)25-26-20;;/h3-5,10,15,18,22,24H,1-2,6-9,11-13H2,(H,25,26);2*1H/t15-,18-,22+;;/m0../s1. The summed E-state index contributed by atoms with van der Waals surface area (Å²) in [5.74, 6) is 0.748. The Morgan fingerprint density at radius 1 is 1.20 bits per heavy atom. The number of nitrogens with zero attached hydrogens (tertiary/aromatic N) is 2. The zero-order chi connectivity index (χ0) is 19.1. The van der Waals surface area contributed by atoms with Crippen LogP contribution < -0.4 is 5.32 Å². The lowest BCUT2D eigenvalue weighted by molar-refractivity contribution is -0.132. The van der Waals surface area contributed by atoms with Gasteiger partial charge >= 0.3 is 0 Å². The number of aromatic amines is 1. The molecule has 2 aliphatic heterocycles. The number of rotatable bonds is 4. The second kappa shape index (κ2) is 9.67. The molecule has 2 N–H and O–H groups in total. The normalized spacial score (nSPS) is 24.6. The maximum Gasteiger partial charge on any atom is 0.223 e. The average Bonchev–Trinajstić information content (AvgIpc) is 3.40. The zero-order valence-electron chi connectivity index (χ0n) is 16.9. The van der Waals surface area contributed by atoms with Crippen LogP contribution in [-0.4, -0.2) is 40.6 Å². The molecule has 0 saturated carbocycles. The number of halogens is 3. The second-order valence-electron chi connectivity index (χ2n) is 8.46. The van der Waals surface area contributed by atoms with Crippen LogP contribution in [0.15, 0.2) is 24.3 Å². The summed E-state index contributed by atoms with van der Waals surface area (Å²) in [4.78, 5) is 15.2. The van der Waals surface area contributed by atoms with Crippen LogP contribution in [0.4, 0.5) is 4.39 Å². The molecule has 1 aliphatic carbocycles. The predicted octanol–water partition coefficient (Wildman–Crippen LogP) is 3.62. The summed E-state index contributed by atoms with van der Waals surface area (Å²) >= 11 is 0. The molecule has 2 saturated heterocycles. The predicted molar refractivity (Wildman–Crippen MR) is 119 cm³/mol. The first-order chi connectivity index (χ1) is 13.7. The summed E-state index contributed by atoms with van der Waals surface area (Å²) in [5.41, 5.74) is 4.57. The van der Waals surface area contributed by atoms with Crippen LogP contribution in [-0.2, 0) is 24.1 Å². The Labute approximate surface area is 189 Å². The minimum absolute atomic E-state index is 0. The van der Waals surface area contributed by atoms with E-state index in [0.29, 0.717) is 24.7 Å². The number of aryl methyl sites for hydroxylation is 2. The van der Waals surface area contributed by atoms with Gasteiger partial charge in [0.05, 0.1) is 11.7 Å². The number of hydrogen-bond acceptors (Lipinski definition) is 3. The number of amides is 1. The minimum atomic E-state index is -0.234. The fraction of sp³-hybridized carbons (Fsp3) is 0.545. The van der Waals surface area contributed by atoms with Gasteiger partial charge in [-0.1, -0.05) is 12.1 Å². The molecule has 164 valence electrons. The van der Waals surface area contributed by atoms with E-state index in [1.165, 1.54) is 30.2 Å². The Bertz CT molecular complexity index is 890. The summed E-state index contributed by atoms with van der Waals surface area (Å²) in [6.45, 7) is 2.59. The summed E-state index contributed by atoms with van der Waals surface area (Å²) in [5, 5.41) is 11.1. The monoisotopic (exact) mass is 454 g/mol. The Kier molecular flexibility index (Phi) is 7.43. The Balaban J connectivity index is 0.00000128. The zero-order valence-corrected chi connectivity index (χ0v) is 18.5. The number of H-pyrrole nitrogens is 1. The second-order valence-corrected chi connectivity index (χ2v) is 8.46. The molecule has 3 heterocycles. The number of carbonyl (C=O) groups excluding carboxylic acids is 1. The number of hydrogen-bond donors (Lipinski definition) is 2. The van der Waals surface area contributed by atoms with E-state index in [-0.39, 0.29) is 42.6 Å². The molecule has 1 aromatic carbocycles. The van der Waals surface area contributed by atoms with Crippen molar-refractivity contribution in [2.75, 3.05) is 19.6 Å². The van der Waals surface area contributed by atoms with Crippen LogP contribution in [0, 0.1) is 17.7 Å². The number of fused-ring (bicyclic) bond motifs is 2. The first kappa shape index (κ1) is 23.0. The van der Waals surface area contributed by atoms with Crippen LogP contribution in [0.2, 0.25) is 0 Å². The third kappa shape index (κ3) is 4.23. The molecular weight excluding hydrogens is 426 g/mol. The smallest absolute Gasteiger partial charge is 0.223 e. The van der Waals surface area contributed by atoms with Crippen molar-refractivity contribution in [1.82, 2.24) is 20.4 Å². The first-order valence-electron chi connectivity index (χ1n) is 10.5. The molecule has 0 radical (unpaired) electrons. The Morgan fingerprint density at radius 2 is 2.03 bits per heavy atom. The van der Waals surface area contributed by atoms with Gasteiger partial charge in [-0.3, -0.25) is 9.89 Å². The van der Waals surface area contributed by atoms with Crippen molar-refractivity contribution in [2.45, 2.75) is 44.6 Å². The van der Waals surface area contributed by atoms with E-state index in [9.17, 15) is 9.18 Å². The van der Waals surface area contributed by atoms with E-state index in [0.717, 1.165) is 43.7 Å². The van der Waals surface area contributed by atoms with Crippen molar-refractivity contribution in [2.24, 2.45) is 11.8 Å². The van der Waals surface area contributed by atoms with Gasteiger partial charge < -0.3 is 10.2 Å². The van der Waals surface area contributed by atoms with Crippen LogP contribution in [0.3, 0.4) is 0 Å². The number of likely N-dealkylation sites (tertiary alicyclic amines) is 1. The van der Waals surface area contributed by atoms with Gasteiger partial charge in [0, 0.05) is 44.1 Å². The van der Waals surface area contributed by atoms with Gasteiger partial charge in [0.15, 0.2) is 0 Å². The van der Waals surface area contributed by atoms with Gasteiger partial charge in [-0.05, 0) is 54.9 Å². The fourth-order valence-corrected chi connectivity index (χ4v) is 5.42. The Hall–Kier alpha value is -1.63. The van der Waals surface area contributed by atoms with Gasteiger partial charge in [-0.2, -0.15) is 5.10 Å². The molecule has 0 spiro atoms. The molecule has 2 aromatic rings. The van der Waals surface area contributed by atoms with Crippen molar-refractivity contribution in [3.63, 3.8) is 0 Å². The summed E-state index contributed by atoms with van der Waals surface area (Å²) in [6, 6.07) is 6.74. The lowest BCUT2D eigenvalue weighted by Gasteiger charge is -2.28. The molecular formula is C22H29Cl2FN4O. The van der Waals surface area contributed by atoms with E-state index < -0.39 is 0 Å². The highest BCUT2D eigenvalue weighted by Gasteiger charge is 2.46.